The van der Waals surface area contributed by atoms with Crippen LogP contribution in [0.3, 0.4) is 0 Å². The minimum Gasteiger partial charge on any atom is -0.347 e. The Labute approximate surface area is 160 Å². The first-order valence-corrected chi connectivity index (χ1v) is 10.5. The van der Waals surface area contributed by atoms with Crippen LogP contribution in [0.5, 0.6) is 0 Å². The van der Waals surface area contributed by atoms with Gasteiger partial charge in [0, 0.05) is 19.0 Å². The number of carbonyl (C=O) groups is 1. The van der Waals surface area contributed by atoms with Crippen molar-refractivity contribution in [3.63, 3.8) is 0 Å². The number of nitrogens with one attached hydrogen (secondary N) is 1. The van der Waals surface area contributed by atoms with Crippen molar-refractivity contribution in [3.05, 3.63) is 29.3 Å². The van der Waals surface area contributed by atoms with Crippen molar-refractivity contribution in [2.45, 2.75) is 32.6 Å². The molecule has 1 aliphatic rings. The number of carbonyl (C=O) groups excluding carboxylic acids is 1. The number of rotatable bonds is 4. The summed E-state index contributed by atoms with van der Waals surface area (Å²) in [6.45, 7) is 5.79. The van der Waals surface area contributed by atoms with Crippen molar-refractivity contribution in [2.75, 3.05) is 23.3 Å². The molecule has 1 fully saturated rings. The molecule has 3 aromatic rings. The number of para-hydroxylation sites is 1. The quantitative estimate of drug-likeness (QED) is 0.729. The Bertz CT molecular complexity index is 886. The molecule has 2 aromatic heterocycles. The standard InChI is InChI=1S/C18H21N5OS2/c1-11(2)16-21-22-17(26-16)20-15(24)12-6-5-9-23(10-12)18-19-13-7-3-4-8-14(13)25-18/h3-4,7-8,11-12H,5-6,9-10H2,1-2H3,(H,20,22,24)/t12-/m0/s1. The summed E-state index contributed by atoms with van der Waals surface area (Å²) in [6.07, 6.45) is 1.88. The van der Waals surface area contributed by atoms with E-state index in [0.717, 1.165) is 35.0 Å². The molecule has 0 saturated carbocycles. The molecule has 26 heavy (non-hydrogen) atoms. The number of piperidine rings is 1. The van der Waals surface area contributed by atoms with Gasteiger partial charge in [0.25, 0.3) is 0 Å². The highest BCUT2D eigenvalue weighted by atomic mass is 32.1. The zero-order chi connectivity index (χ0) is 18.1. The molecule has 0 spiro atoms. The molecule has 1 saturated heterocycles. The van der Waals surface area contributed by atoms with Crippen LogP contribution in [0.2, 0.25) is 0 Å². The fraction of sp³-hybridized carbons (Fsp3) is 0.444. The molecule has 136 valence electrons. The van der Waals surface area contributed by atoms with Crippen LogP contribution in [0.4, 0.5) is 10.3 Å². The van der Waals surface area contributed by atoms with Crippen LogP contribution < -0.4 is 10.2 Å². The Morgan fingerprint density at radius 2 is 2.12 bits per heavy atom. The summed E-state index contributed by atoms with van der Waals surface area (Å²) in [6, 6.07) is 8.16. The van der Waals surface area contributed by atoms with Crippen molar-refractivity contribution in [2.24, 2.45) is 5.92 Å². The summed E-state index contributed by atoms with van der Waals surface area (Å²) in [7, 11) is 0. The van der Waals surface area contributed by atoms with Gasteiger partial charge in [-0.1, -0.05) is 48.7 Å². The third kappa shape index (κ3) is 3.57. The Hall–Kier alpha value is -2.06. The van der Waals surface area contributed by atoms with E-state index in [2.05, 4.69) is 40.3 Å². The lowest BCUT2D eigenvalue weighted by Crippen LogP contribution is -2.40. The summed E-state index contributed by atoms with van der Waals surface area (Å²) in [5.41, 5.74) is 1.02. The van der Waals surface area contributed by atoms with Gasteiger partial charge < -0.3 is 10.2 Å². The van der Waals surface area contributed by atoms with E-state index < -0.39 is 0 Å². The van der Waals surface area contributed by atoms with Gasteiger partial charge in [0.15, 0.2) is 5.13 Å². The maximum absolute atomic E-state index is 12.7. The van der Waals surface area contributed by atoms with Crippen LogP contribution in [0.25, 0.3) is 10.2 Å². The zero-order valence-electron chi connectivity index (χ0n) is 14.8. The molecule has 8 heteroatoms. The third-order valence-electron chi connectivity index (χ3n) is 4.51. The van der Waals surface area contributed by atoms with Crippen molar-refractivity contribution >= 4 is 49.1 Å². The maximum Gasteiger partial charge on any atom is 0.231 e. The van der Waals surface area contributed by atoms with Crippen molar-refractivity contribution in [1.29, 1.82) is 0 Å². The van der Waals surface area contributed by atoms with Crippen LogP contribution in [0.15, 0.2) is 24.3 Å². The number of benzene rings is 1. The van der Waals surface area contributed by atoms with E-state index in [4.69, 9.17) is 4.98 Å². The Balaban J connectivity index is 1.44. The second kappa shape index (κ2) is 7.28. The first-order chi connectivity index (χ1) is 12.6. The zero-order valence-corrected chi connectivity index (χ0v) is 16.4. The van der Waals surface area contributed by atoms with Gasteiger partial charge in [0.1, 0.15) is 5.01 Å². The second-order valence-corrected chi connectivity index (χ2v) is 8.86. The first kappa shape index (κ1) is 17.4. The smallest absolute Gasteiger partial charge is 0.231 e. The third-order valence-corrected chi connectivity index (χ3v) is 6.75. The number of hydrogen-bond acceptors (Lipinski definition) is 7. The predicted molar refractivity (Wildman–Crippen MR) is 107 cm³/mol. The highest BCUT2D eigenvalue weighted by molar-refractivity contribution is 7.22. The topological polar surface area (TPSA) is 71.0 Å². The van der Waals surface area contributed by atoms with Gasteiger partial charge in [-0.05, 0) is 25.0 Å². The normalized spacial score (nSPS) is 17.8. The molecule has 3 heterocycles. The van der Waals surface area contributed by atoms with Gasteiger partial charge in [-0.2, -0.15) is 0 Å². The van der Waals surface area contributed by atoms with Gasteiger partial charge in [-0.3, -0.25) is 4.79 Å². The molecule has 1 aliphatic heterocycles. The van der Waals surface area contributed by atoms with Gasteiger partial charge in [0.2, 0.25) is 11.0 Å². The molecule has 1 N–H and O–H groups in total. The largest absolute Gasteiger partial charge is 0.347 e. The lowest BCUT2D eigenvalue weighted by molar-refractivity contribution is -0.120. The number of amides is 1. The van der Waals surface area contributed by atoms with Gasteiger partial charge in [0.05, 0.1) is 16.1 Å². The van der Waals surface area contributed by atoms with Crippen LogP contribution in [0.1, 0.15) is 37.6 Å². The summed E-state index contributed by atoms with van der Waals surface area (Å²) in [4.78, 5) is 19.6. The molecular weight excluding hydrogens is 366 g/mol. The molecule has 0 bridgehead atoms. The van der Waals surface area contributed by atoms with Gasteiger partial charge >= 0.3 is 0 Å². The fourth-order valence-corrected chi connectivity index (χ4v) is 4.84. The molecule has 0 unspecified atom stereocenters. The molecule has 1 amide bonds. The van der Waals surface area contributed by atoms with Crippen LogP contribution in [0, 0.1) is 5.92 Å². The Kier molecular flexibility index (Phi) is 4.86. The number of anilines is 2. The van der Waals surface area contributed by atoms with E-state index in [0.29, 0.717) is 17.6 Å². The predicted octanol–water partition coefficient (Wildman–Crippen LogP) is 4.13. The molecule has 1 aromatic carbocycles. The lowest BCUT2D eigenvalue weighted by atomic mass is 9.98. The van der Waals surface area contributed by atoms with E-state index in [1.54, 1.807) is 11.3 Å². The summed E-state index contributed by atoms with van der Waals surface area (Å²) >= 11 is 3.15. The summed E-state index contributed by atoms with van der Waals surface area (Å²) in [5, 5.41) is 13.7. The maximum atomic E-state index is 12.7. The monoisotopic (exact) mass is 387 g/mol. The number of thiazole rings is 1. The summed E-state index contributed by atoms with van der Waals surface area (Å²) < 4.78 is 1.18. The van der Waals surface area contributed by atoms with E-state index >= 15 is 0 Å². The van der Waals surface area contributed by atoms with Crippen LogP contribution >= 0.6 is 22.7 Å². The number of hydrogen-bond donors (Lipinski definition) is 1. The Morgan fingerprint density at radius 3 is 2.88 bits per heavy atom. The average molecular weight is 388 g/mol. The number of aromatic nitrogens is 3. The SMILES string of the molecule is CC(C)c1nnc(NC(=O)[C@H]2CCCN(c3nc4ccccc4s3)C2)s1. The minimum absolute atomic E-state index is 0.0299. The minimum atomic E-state index is -0.0536. The first-order valence-electron chi connectivity index (χ1n) is 8.85. The molecule has 1 atom stereocenters. The van der Waals surface area contributed by atoms with Gasteiger partial charge in [-0.15, -0.1) is 10.2 Å². The average Bonchev–Trinajstić information content (AvgIpc) is 3.28. The van der Waals surface area contributed by atoms with Gasteiger partial charge in [-0.25, -0.2) is 4.98 Å². The molecule has 0 aliphatic carbocycles. The van der Waals surface area contributed by atoms with E-state index in [1.807, 2.05) is 18.2 Å². The lowest BCUT2D eigenvalue weighted by Gasteiger charge is -2.31. The Morgan fingerprint density at radius 1 is 1.27 bits per heavy atom. The van der Waals surface area contributed by atoms with E-state index in [-0.39, 0.29) is 11.8 Å². The molecule has 0 radical (unpaired) electrons. The van der Waals surface area contributed by atoms with Crippen molar-refractivity contribution in [1.82, 2.24) is 15.2 Å². The molecular formula is C18H21N5OS2. The highest BCUT2D eigenvalue weighted by Crippen LogP contribution is 2.32. The second-order valence-electron chi connectivity index (χ2n) is 6.84. The fourth-order valence-electron chi connectivity index (χ4n) is 3.09. The van der Waals surface area contributed by atoms with Crippen LogP contribution in [-0.4, -0.2) is 34.2 Å². The van der Waals surface area contributed by atoms with Crippen LogP contribution in [-0.2, 0) is 4.79 Å². The van der Waals surface area contributed by atoms with Crippen molar-refractivity contribution in [3.8, 4) is 0 Å². The molecule has 6 nitrogen and oxygen atoms in total. The highest BCUT2D eigenvalue weighted by Gasteiger charge is 2.28. The number of nitrogens with zero attached hydrogens (tertiary/aromatic N) is 4. The van der Waals surface area contributed by atoms with E-state index in [9.17, 15) is 4.79 Å². The van der Waals surface area contributed by atoms with Crippen molar-refractivity contribution < 1.29 is 4.79 Å². The van der Waals surface area contributed by atoms with E-state index in [1.165, 1.54) is 16.0 Å². The molecule has 4 rings (SSSR count). The summed E-state index contributed by atoms with van der Waals surface area (Å²) in [5.74, 6) is 0.298. The number of fused-ring (bicyclic) bond motifs is 1.